The van der Waals surface area contributed by atoms with Crippen molar-refractivity contribution in [3.8, 4) is 0 Å². The van der Waals surface area contributed by atoms with Crippen molar-refractivity contribution in [3.05, 3.63) is 36.0 Å². The van der Waals surface area contributed by atoms with E-state index in [2.05, 4.69) is 19.9 Å². The third-order valence-corrected chi connectivity index (χ3v) is 9.12. The molecule has 0 amide bonds. The summed E-state index contributed by atoms with van der Waals surface area (Å²) in [5.41, 5.74) is -0.820. The van der Waals surface area contributed by atoms with E-state index in [9.17, 15) is 19.5 Å². The first-order chi connectivity index (χ1) is 17.1. The average Bonchev–Trinajstić information content (AvgIpc) is 3.62. The van der Waals surface area contributed by atoms with Crippen molar-refractivity contribution in [3.63, 3.8) is 0 Å². The largest absolute Gasteiger partial charge is 0.463 e. The molecule has 9 nitrogen and oxygen atoms in total. The Labute approximate surface area is 210 Å². The van der Waals surface area contributed by atoms with Gasteiger partial charge in [-0.25, -0.2) is 14.4 Å². The molecule has 1 N–H and O–H groups in total. The molecule has 0 aromatic carbocycles. The van der Waals surface area contributed by atoms with Gasteiger partial charge >= 0.3 is 17.9 Å². The highest BCUT2D eigenvalue weighted by molar-refractivity contribution is 5.84. The van der Waals surface area contributed by atoms with Gasteiger partial charge in [-0.3, -0.25) is 0 Å². The number of aliphatic hydroxyl groups is 1. The molecule has 2 saturated heterocycles. The van der Waals surface area contributed by atoms with Crippen molar-refractivity contribution in [2.24, 2.45) is 16.7 Å². The molecule has 9 heteroatoms. The van der Waals surface area contributed by atoms with Crippen LogP contribution in [0.4, 0.5) is 0 Å². The van der Waals surface area contributed by atoms with Crippen LogP contribution in [-0.2, 0) is 38.1 Å². The average molecular weight is 503 g/mol. The molecule has 196 valence electrons. The highest BCUT2D eigenvalue weighted by Gasteiger charge is 2.83. The lowest BCUT2D eigenvalue weighted by Gasteiger charge is -2.58. The first-order valence-electron chi connectivity index (χ1n) is 12.7. The maximum absolute atomic E-state index is 12.9. The van der Waals surface area contributed by atoms with Gasteiger partial charge in [-0.15, -0.1) is 0 Å². The zero-order valence-corrected chi connectivity index (χ0v) is 20.9. The fourth-order valence-corrected chi connectivity index (χ4v) is 6.65. The molecule has 8 atom stereocenters. The molecule has 1 saturated carbocycles. The highest BCUT2D eigenvalue weighted by Crippen LogP contribution is 2.72. The first kappa shape index (κ1) is 25.2. The monoisotopic (exact) mass is 502 g/mol. The van der Waals surface area contributed by atoms with Crippen LogP contribution < -0.4 is 0 Å². The van der Waals surface area contributed by atoms with Crippen LogP contribution in [0.5, 0.6) is 0 Å². The molecule has 2 spiro atoms. The molecule has 3 fully saturated rings. The van der Waals surface area contributed by atoms with Gasteiger partial charge in [0.2, 0.25) is 0 Å². The van der Waals surface area contributed by atoms with Crippen molar-refractivity contribution in [2.45, 2.75) is 76.5 Å². The topological polar surface area (TPSA) is 121 Å². The number of epoxide rings is 1. The molecule has 2 bridgehead atoms. The number of carbonyl (C=O) groups is 3. The summed E-state index contributed by atoms with van der Waals surface area (Å²) in [6, 6.07) is 0. The Kier molecular flexibility index (Phi) is 6.37. The third kappa shape index (κ3) is 3.83. The summed E-state index contributed by atoms with van der Waals surface area (Å²) < 4.78 is 29.6. The summed E-state index contributed by atoms with van der Waals surface area (Å²) >= 11 is 0. The summed E-state index contributed by atoms with van der Waals surface area (Å²) in [6.45, 7) is 6.34. The van der Waals surface area contributed by atoms with E-state index >= 15 is 0 Å². The number of carbonyl (C=O) groups excluding carboxylic acids is 3. The molecule has 2 aliphatic carbocycles. The summed E-state index contributed by atoms with van der Waals surface area (Å²) in [7, 11) is 0. The minimum absolute atomic E-state index is 0.00000344. The number of aliphatic hydroxyl groups excluding tert-OH is 1. The Hall–Kier alpha value is -2.49. The standard InChI is InChI=1S/C27H34O9/c1-16-8-10-26-14-33-24(31)23(30)17(2)9-11-32-21(28)6-4-5-7-22(29)36-18-13-20(35-19(26)12-16)27(15-34-27)25(18,26)3/h4-7,12,17-20,23,30H,8-11,13-15H2,1-3H3/b6-4+,7-5+/t17-,18+,19+,20+,23+,25+,26+,27+/m0/s1. The summed E-state index contributed by atoms with van der Waals surface area (Å²) in [4.78, 5) is 37.6. The highest BCUT2D eigenvalue weighted by atomic mass is 16.6. The van der Waals surface area contributed by atoms with Crippen LogP contribution in [0, 0.1) is 16.7 Å². The minimum Gasteiger partial charge on any atom is -0.463 e. The van der Waals surface area contributed by atoms with Crippen molar-refractivity contribution in [1.29, 1.82) is 0 Å². The SMILES string of the molecule is CC1=C[C@H]2O[C@@H]3C[C@H]4OC(=O)/C=C/C=C/C(=O)OCC[C@H](C)[C@@H](O)C(=O)OC[C@@]2(CC1)[C@]4(C)[C@@]31CO1. The van der Waals surface area contributed by atoms with Gasteiger partial charge in [0.1, 0.15) is 18.3 Å². The first-order valence-corrected chi connectivity index (χ1v) is 12.7. The van der Waals surface area contributed by atoms with E-state index < -0.39 is 52.5 Å². The molecular formula is C27H34O9. The van der Waals surface area contributed by atoms with Crippen LogP contribution in [0.2, 0.25) is 0 Å². The van der Waals surface area contributed by atoms with Gasteiger partial charge < -0.3 is 28.8 Å². The molecule has 5 rings (SSSR count). The summed E-state index contributed by atoms with van der Waals surface area (Å²) in [6.07, 6.45) is 7.11. The summed E-state index contributed by atoms with van der Waals surface area (Å²) in [5.74, 6) is -2.34. The molecule has 0 radical (unpaired) electrons. The van der Waals surface area contributed by atoms with Crippen molar-refractivity contribution in [2.75, 3.05) is 19.8 Å². The Morgan fingerprint density at radius 1 is 1.03 bits per heavy atom. The minimum atomic E-state index is -1.37. The van der Waals surface area contributed by atoms with Gasteiger partial charge in [-0.2, -0.15) is 0 Å². The zero-order valence-electron chi connectivity index (χ0n) is 20.9. The number of esters is 3. The van der Waals surface area contributed by atoms with E-state index in [1.807, 2.05) is 0 Å². The molecule has 3 aliphatic heterocycles. The van der Waals surface area contributed by atoms with E-state index in [0.717, 1.165) is 6.42 Å². The van der Waals surface area contributed by atoms with Crippen molar-refractivity contribution >= 4 is 17.9 Å². The van der Waals surface area contributed by atoms with Gasteiger partial charge in [-0.05, 0) is 32.1 Å². The fraction of sp³-hybridized carbons (Fsp3) is 0.667. The van der Waals surface area contributed by atoms with Gasteiger partial charge in [0.25, 0.3) is 0 Å². The second-order valence-electron chi connectivity index (χ2n) is 11.0. The number of hydrogen-bond acceptors (Lipinski definition) is 9. The smallest absolute Gasteiger partial charge is 0.335 e. The third-order valence-electron chi connectivity index (χ3n) is 9.12. The zero-order chi connectivity index (χ0) is 25.7. The second kappa shape index (κ2) is 9.11. The lowest BCUT2D eigenvalue weighted by Crippen LogP contribution is -2.66. The number of hydrogen-bond donors (Lipinski definition) is 1. The van der Waals surface area contributed by atoms with Crippen LogP contribution in [0.3, 0.4) is 0 Å². The fourth-order valence-electron chi connectivity index (χ4n) is 6.65. The Morgan fingerprint density at radius 2 is 1.75 bits per heavy atom. The molecule has 0 aromatic heterocycles. The van der Waals surface area contributed by atoms with E-state index in [-0.39, 0.29) is 31.8 Å². The normalized spacial score (nSPS) is 46.8. The Balaban J connectivity index is 1.52. The maximum Gasteiger partial charge on any atom is 0.335 e. The second-order valence-corrected chi connectivity index (χ2v) is 11.0. The molecule has 36 heavy (non-hydrogen) atoms. The quantitative estimate of drug-likeness (QED) is 0.230. The maximum atomic E-state index is 12.9. The number of ether oxygens (including phenoxy) is 5. The van der Waals surface area contributed by atoms with E-state index in [4.69, 9.17) is 23.7 Å². The van der Waals surface area contributed by atoms with Crippen LogP contribution in [-0.4, -0.2) is 72.9 Å². The Morgan fingerprint density at radius 3 is 2.47 bits per heavy atom. The number of rotatable bonds is 0. The van der Waals surface area contributed by atoms with Gasteiger partial charge in [-0.1, -0.05) is 37.6 Å². The predicted molar refractivity (Wildman–Crippen MR) is 125 cm³/mol. The van der Waals surface area contributed by atoms with E-state index in [1.165, 1.54) is 29.9 Å². The molecule has 5 aliphatic rings. The Bertz CT molecular complexity index is 1020. The van der Waals surface area contributed by atoms with Crippen LogP contribution in [0.1, 0.15) is 46.5 Å². The molecular weight excluding hydrogens is 468 g/mol. The van der Waals surface area contributed by atoms with Crippen LogP contribution >= 0.6 is 0 Å². The van der Waals surface area contributed by atoms with Gasteiger partial charge in [0, 0.05) is 24.0 Å². The molecule has 0 aromatic rings. The lowest BCUT2D eigenvalue weighted by molar-refractivity contribution is -0.234. The number of cyclic esters (lactones) is 2. The summed E-state index contributed by atoms with van der Waals surface area (Å²) in [5, 5.41) is 10.6. The van der Waals surface area contributed by atoms with Gasteiger partial charge in [0.15, 0.2) is 6.10 Å². The predicted octanol–water partition coefficient (Wildman–Crippen LogP) is 2.17. The lowest BCUT2D eigenvalue weighted by atomic mass is 9.51. The molecule has 3 heterocycles. The van der Waals surface area contributed by atoms with Crippen molar-refractivity contribution in [1.82, 2.24) is 0 Å². The van der Waals surface area contributed by atoms with E-state index in [0.29, 0.717) is 19.4 Å². The number of allylic oxidation sites excluding steroid dienone is 3. The molecule has 0 unspecified atom stereocenters. The van der Waals surface area contributed by atoms with Gasteiger partial charge in [0.05, 0.1) is 30.8 Å². The van der Waals surface area contributed by atoms with E-state index in [1.54, 1.807) is 6.92 Å². The van der Waals surface area contributed by atoms with Crippen LogP contribution in [0.25, 0.3) is 0 Å². The van der Waals surface area contributed by atoms with Crippen LogP contribution in [0.15, 0.2) is 36.0 Å². The van der Waals surface area contributed by atoms with Crippen molar-refractivity contribution < 1.29 is 43.2 Å².